The summed E-state index contributed by atoms with van der Waals surface area (Å²) in [5.41, 5.74) is 9.35. The van der Waals surface area contributed by atoms with Crippen LogP contribution in [-0.4, -0.2) is 15.7 Å². The second kappa shape index (κ2) is 6.12. The number of fused-ring (bicyclic) bond motifs is 1. The number of nitrogens with zero attached hydrogens (tertiary/aromatic N) is 2. The topological polar surface area (TPSA) is 72.9 Å². The summed E-state index contributed by atoms with van der Waals surface area (Å²) in [6.07, 6.45) is 1.74. The fourth-order valence-corrected chi connectivity index (χ4v) is 2.50. The van der Waals surface area contributed by atoms with Crippen LogP contribution in [0.15, 0.2) is 48.7 Å². The molecule has 0 unspecified atom stereocenters. The van der Waals surface area contributed by atoms with Crippen molar-refractivity contribution in [3.05, 3.63) is 54.2 Å². The maximum Gasteiger partial charge on any atom is 0.246 e. The van der Waals surface area contributed by atoms with Crippen LogP contribution >= 0.6 is 0 Å². The van der Waals surface area contributed by atoms with Crippen molar-refractivity contribution in [1.29, 1.82) is 0 Å². The smallest absolute Gasteiger partial charge is 0.246 e. The lowest BCUT2D eigenvalue weighted by Gasteiger charge is -2.09. The van der Waals surface area contributed by atoms with Crippen molar-refractivity contribution in [1.82, 2.24) is 9.78 Å². The Morgan fingerprint density at radius 3 is 2.65 bits per heavy atom. The molecule has 0 bridgehead atoms. The van der Waals surface area contributed by atoms with Gasteiger partial charge in [-0.05, 0) is 41.8 Å². The zero-order valence-corrected chi connectivity index (χ0v) is 13.3. The van der Waals surface area contributed by atoms with Gasteiger partial charge in [-0.2, -0.15) is 5.10 Å². The first-order valence-corrected chi connectivity index (χ1v) is 7.64. The average molecular weight is 308 g/mol. The number of anilines is 2. The van der Waals surface area contributed by atoms with Crippen LogP contribution in [0.1, 0.15) is 25.3 Å². The van der Waals surface area contributed by atoms with Crippen LogP contribution in [-0.2, 0) is 11.3 Å². The van der Waals surface area contributed by atoms with Crippen LogP contribution in [0.4, 0.5) is 11.4 Å². The maximum absolute atomic E-state index is 12.2. The number of nitrogen functional groups attached to an aromatic ring is 1. The van der Waals surface area contributed by atoms with Crippen molar-refractivity contribution >= 4 is 28.2 Å². The molecule has 1 aromatic heterocycles. The second-order valence-electron chi connectivity index (χ2n) is 5.95. The van der Waals surface area contributed by atoms with E-state index in [-0.39, 0.29) is 12.5 Å². The number of hydrogen-bond donors (Lipinski definition) is 2. The summed E-state index contributed by atoms with van der Waals surface area (Å²) in [6.45, 7) is 4.43. The van der Waals surface area contributed by atoms with E-state index in [9.17, 15) is 4.79 Å². The average Bonchev–Trinajstić information content (AvgIpc) is 2.90. The largest absolute Gasteiger partial charge is 0.399 e. The van der Waals surface area contributed by atoms with Gasteiger partial charge in [-0.15, -0.1) is 0 Å². The van der Waals surface area contributed by atoms with Crippen molar-refractivity contribution in [3.8, 4) is 0 Å². The summed E-state index contributed by atoms with van der Waals surface area (Å²) in [4.78, 5) is 12.2. The van der Waals surface area contributed by atoms with Crippen molar-refractivity contribution in [3.63, 3.8) is 0 Å². The molecule has 1 amide bonds. The predicted molar refractivity (Wildman–Crippen MR) is 93.3 cm³/mol. The second-order valence-corrected chi connectivity index (χ2v) is 5.95. The summed E-state index contributed by atoms with van der Waals surface area (Å²) in [5, 5.41) is 8.12. The van der Waals surface area contributed by atoms with Gasteiger partial charge in [0.2, 0.25) is 5.91 Å². The number of carbonyl (C=O) groups excluding carboxylic acids is 1. The Labute approximate surface area is 135 Å². The molecule has 3 N–H and O–H groups in total. The molecule has 5 heteroatoms. The number of nitrogens with one attached hydrogen (secondary N) is 1. The Bertz CT molecular complexity index is 834. The van der Waals surface area contributed by atoms with E-state index in [0.717, 1.165) is 16.6 Å². The SMILES string of the molecule is CC(C)c1ccc(NC(=O)Cn2ncc3ccc(N)cc32)cc1. The van der Waals surface area contributed by atoms with Gasteiger partial charge >= 0.3 is 0 Å². The monoisotopic (exact) mass is 308 g/mol. The molecule has 0 saturated heterocycles. The maximum atomic E-state index is 12.2. The first-order valence-electron chi connectivity index (χ1n) is 7.64. The van der Waals surface area contributed by atoms with Crippen LogP contribution in [0.25, 0.3) is 10.9 Å². The quantitative estimate of drug-likeness (QED) is 0.726. The summed E-state index contributed by atoms with van der Waals surface area (Å²) < 4.78 is 1.66. The van der Waals surface area contributed by atoms with Crippen molar-refractivity contribution in [2.24, 2.45) is 0 Å². The third kappa shape index (κ3) is 3.34. The number of amides is 1. The Hall–Kier alpha value is -2.82. The fraction of sp³-hybridized carbons (Fsp3) is 0.222. The molecule has 3 rings (SSSR count). The third-order valence-corrected chi connectivity index (χ3v) is 3.82. The van der Waals surface area contributed by atoms with E-state index in [1.165, 1.54) is 5.56 Å². The Morgan fingerprint density at radius 1 is 1.22 bits per heavy atom. The van der Waals surface area contributed by atoms with Crippen LogP contribution in [0.2, 0.25) is 0 Å². The van der Waals surface area contributed by atoms with E-state index in [2.05, 4.69) is 24.3 Å². The van der Waals surface area contributed by atoms with Crippen LogP contribution in [0.3, 0.4) is 0 Å². The molecule has 0 radical (unpaired) electrons. The molecule has 118 valence electrons. The third-order valence-electron chi connectivity index (χ3n) is 3.82. The number of rotatable bonds is 4. The van der Waals surface area contributed by atoms with Gasteiger partial charge in [-0.3, -0.25) is 9.48 Å². The molecule has 0 saturated carbocycles. The standard InChI is InChI=1S/C18H20N4O/c1-12(2)13-4-7-16(8-5-13)21-18(23)11-22-17-9-15(19)6-3-14(17)10-20-22/h3-10,12H,11,19H2,1-2H3,(H,21,23). The number of aromatic nitrogens is 2. The van der Waals surface area contributed by atoms with E-state index in [0.29, 0.717) is 11.6 Å². The van der Waals surface area contributed by atoms with Gasteiger partial charge in [0.15, 0.2) is 0 Å². The summed E-state index contributed by atoms with van der Waals surface area (Å²) in [6, 6.07) is 13.5. The number of nitrogens with two attached hydrogens (primary N) is 1. The summed E-state index contributed by atoms with van der Waals surface area (Å²) >= 11 is 0. The van der Waals surface area contributed by atoms with E-state index in [1.807, 2.05) is 42.5 Å². The zero-order chi connectivity index (χ0) is 16.4. The van der Waals surface area contributed by atoms with E-state index < -0.39 is 0 Å². The van der Waals surface area contributed by atoms with Crippen LogP contribution in [0, 0.1) is 0 Å². The number of carbonyl (C=O) groups is 1. The van der Waals surface area contributed by atoms with Crippen molar-refractivity contribution in [2.45, 2.75) is 26.3 Å². The number of benzene rings is 2. The lowest BCUT2D eigenvalue weighted by Crippen LogP contribution is -2.19. The Balaban J connectivity index is 1.72. The molecule has 0 aliphatic heterocycles. The minimum Gasteiger partial charge on any atom is -0.399 e. The first kappa shape index (κ1) is 15.1. The molecule has 3 aromatic rings. The zero-order valence-electron chi connectivity index (χ0n) is 13.3. The lowest BCUT2D eigenvalue weighted by molar-refractivity contribution is -0.116. The van der Waals surface area contributed by atoms with Crippen molar-refractivity contribution in [2.75, 3.05) is 11.1 Å². The molecule has 0 atom stereocenters. The Morgan fingerprint density at radius 2 is 1.96 bits per heavy atom. The minimum atomic E-state index is -0.116. The predicted octanol–water partition coefficient (Wildman–Crippen LogP) is 3.38. The van der Waals surface area contributed by atoms with Gasteiger partial charge in [0.05, 0.1) is 11.7 Å². The highest BCUT2D eigenvalue weighted by Crippen LogP contribution is 2.18. The van der Waals surface area contributed by atoms with Gasteiger partial charge in [-0.1, -0.05) is 26.0 Å². The lowest BCUT2D eigenvalue weighted by atomic mass is 10.0. The molecule has 0 fully saturated rings. The first-order chi connectivity index (χ1) is 11.0. The normalized spacial score (nSPS) is 11.1. The highest BCUT2D eigenvalue weighted by Gasteiger charge is 2.09. The fourth-order valence-electron chi connectivity index (χ4n) is 2.50. The van der Waals surface area contributed by atoms with Crippen molar-refractivity contribution < 1.29 is 4.79 Å². The molecule has 0 aliphatic carbocycles. The van der Waals surface area contributed by atoms with Gasteiger partial charge in [0.1, 0.15) is 6.54 Å². The molecule has 5 nitrogen and oxygen atoms in total. The number of hydrogen-bond acceptors (Lipinski definition) is 3. The molecule has 1 heterocycles. The van der Waals surface area contributed by atoms with Crippen LogP contribution < -0.4 is 11.1 Å². The molecule has 2 aromatic carbocycles. The Kier molecular flexibility index (Phi) is 4.02. The van der Waals surface area contributed by atoms with Gasteiger partial charge < -0.3 is 11.1 Å². The highest BCUT2D eigenvalue weighted by molar-refractivity contribution is 5.92. The van der Waals surface area contributed by atoms with E-state index in [1.54, 1.807) is 10.9 Å². The van der Waals surface area contributed by atoms with E-state index >= 15 is 0 Å². The van der Waals surface area contributed by atoms with Gasteiger partial charge in [0, 0.05) is 16.8 Å². The molecule has 0 aliphatic rings. The highest BCUT2D eigenvalue weighted by atomic mass is 16.2. The van der Waals surface area contributed by atoms with Gasteiger partial charge in [-0.25, -0.2) is 0 Å². The molecule has 23 heavy (non-hydrogen) atoms. The summed E-state index contributed by atoms with van der Waals surface area (Å²) in [5.74, 6) is 0.357. The molecular weight excluding hydrogens is 288 g/mol. The summed E-state index contributed by atoms with van der Waals surface area (Å²) in [7, 11) is 0. The van der Waals surface area contributed by atoms with Gasteiger partial charge in [0.25, 0.3) is 0 Å². The van der Waals surface area contributed by atoms with E-state index in [4.69, 9.17) is 5.73 Å². The molecular formula is C18H20N4O. The molecule has 0 spiro atoms. The van der Waals surface area contributed by atoms with Crippen LogP contribution in [0.5, 0.6) is 0 Å². The minimum absolute atomic E-state index is 0.116.